The third-order valence-corrected chi connectivity index (χ3v) is 3.29. The number of nitrogens with zero attached hydrogens (tertiary/aromatic N) is 4. The zero-order valence-electron chi connectivity index (χ0n) is 12.3. The highest BCUT2D eigenvalue weighted by atomic mass is 16.5. The zero-order chi connectivity index (χ0) is 15.4. The van der Waals surface area contributed by atoms with Crippen LogP contribution in [0.15, 0.2) is 0 Å². The first-order chi connectivity index (χ1) is 9.99. The lowest BCUT2D eigenvalue weighted by Gasteiger charge is -2.26. The molecule has 1 amide bonds. The molecule has 2 heterocycles. The minimum Gasteiger partial charge on any atom is -0.476 e. The van der Waals surface area contributed by atoms with Crippen LogP contribution in [0.1, 0.15) is 30.0 Å². The Morgan fingerprint density at radius 2 is 2.00 bits per heavy atom. The molecule has 0 spiro atoms. The number of morpholine rings is 1. The Morgan fingerprint density at radius 1 is 1.33 bits per heavy atom. The molecular formula is C13H20N4O4. The van der Waals surface area contributed by atoms with E-state index in [1.165, 1.54) is 4.68 Å². The lowest BCUT2D eigenvalue weighted by Crippen LogP contribution is -2.42. The summed E-state index contributed by atoms with van der Waals surface area (Å²) in [6.07, 6.45) is 0.519. The minimum atomic E-state index is -1.12. The average molecular weight is 296 g/mol. The Labute approximate surface area is 122 Å². The molecule has 0 aliphatic carbocycles. The van der Waals surface area contributed by atoms with E-state index in [1.807, 2.05) is 13.8 Å². The van der Waals surface area contributed by atoms with Crippen LogP contribution >= 0.6 is 0 Å². The van der Waals surface area contributed by atoms with Crippen molar-refractivity contribution in [3.05, 3.63) is 11.4 Å². The van der Waals surface area contributed by atoms with Crippen molar-refractivity contribution in [2.75, 3.05) is 26.3 Å². The van der Waals surface area contributed by atoms with E-state index in [0.717, 1.165) is 0 Å². The van der Waals surface area contributed by atoms with Gasteiger partial charge in [0.15, 0.2) is 5.69 Å². The molecule has 0 atom stereocenters. The van der Waals surface area contributed by atoms with Gasteiger partial charge in [-0.25, -0.2) is 9.48 Å². The van der Waals surface area contributed by atoms with Gasteiger partial charge in [-0.2, -0.15) is 0 Å². The number of aromatic carboxylic acids is 1. The van der Waals surface area contributed by atoms with Crippen LogP contribution in [0, 0.1) is 5.92 Å². The second-order valence-electron chi connectivity index (χ2n) is 5.44. The first-order valence-corrected chi connectivity index (χ1v) is 7.00. The summed E-state index contributed by atoms with van der Waals surface area (Å²) in [5.74, 6) is -0.959. The van der Waals surface area contributed by atoms with E-state index in [0.29, 0.717) is 38.4 Å². The van der Waals surface area contributed by atoms with Crippen LogP contribution in [0.25, 0.3) is 0 Å². The van der Waals surface area contributed by atoms with Gasteiger partial charge in [-0.3, -0.25) is 4.79 Å². The number of aromatic nitrogens is 3. The fourth-order valence-corrected chi connectivity index (χ4v) is 2.26. The summed E-state index contributed by atoms with van der Waals surface area (Å²) < 4.78 is 6.61. The maximum Gasteiger partial charge on any atom is 0.358 e. The molecule has 8 nitrogen and oxygen atoms in total. The number of carboxylic acid groups (broad SMARTS) is 1. The van der Waals surface area contributed by atoms with Crippen LogP contribution in [0.5, 0.6) is 0 Å². The molecule has 8 heteroatoms. The predicted molar refractivity (Wildman–Crippen MR) is 72.9 cm³/mol. The molecule has 21 heavy (non-hydrogen) atoms. The number of carboxylic acids is 1. The molecule has 1 saturated heterocycles. The molecule has 0 aromatic carbocycles. The monoisotopic (exact) mass is 296 g/mol. The highest BCUT2D eigenvalue weighted by Crippen LogP contribution is 2.12. The average Bonchev–Trinajstić information content (AvgIpc) is 2.82. The predicted octanol–water partition coefficient (Wildman–Crippen LogP) is 0.0336. The third-order valence-electron chi connectivity index (χ3n) is 3.29. The molecule has 1 aromatic heterocycles. The maximum absolute atomic E-state index is 12.2. The van der Waals surface area contributed by atoms with Gasteiger partial charge in [0.1, 0.15) is 6.54 Å². The van der Waals surface area contributed by atoms with Crippen molar-refractivity contribution < 1.29 is 19.4 Å². The standard InChI is InChI=1S/C13H20N4O4/c1-9(2)7-10-12(13(19)20)14-15-17(10)8-11(18)16-3-5-21-6-4-16/h9H,3-8H2,1-2H3,(H,19,20). The van der Waals surface area contributed by atoms with Crippen molar-refractivity contribution in [3.63, 3.8) is 0 Å². The van der Waals surface area contributed by atoms with Crippen LogP contribution in [0.2, 0.25) is 0 Å². The lowest BCUT2D eigenvalue weighted by molar-refractivity contribution is -0.136. The second kappa shape index (κ2) is 6.66. The smallest absolute Gasteiger partial charge is 0.358 e. The van der Waals surface area contributed by atoms with Crippen LogP contribution < -0.4 is 0 Å². The Bertz CT molecular complexity index is 520. The van der Waals surface area contributed by atoms with E-state index >= 15 is 0 Å². The van der Waals surface area contributed by atoms with Gasteiger partial charge in [0.25, 0.3) is 0 Å². The number of ether oxygens (including phenoxy) is 1. The van der Waals surface area contributed by atoms with Crippen molar-refractivity contribution in [1.82, 2.24) is 19.9 Å². The molecule has 0 saturated carbocycles. The summed E-state index contributed by atoms with van der Waals surface area (Å²) >= 11 is 0. The number of carbonyl (C=O) groups is 2. The zero-order valence-corrected chi connectivity index (χ0v) is 12.3. The first kappa shape index (κ1) is 15.4. The first-order valence-electron chi connectivity index (χ1n) is 7.00. The Hall–Kier alpha value is -1.96. The van der Waals surface area contributed by atoms with Gasteiger partial charge in [0.2, 0.25) is 5.91 Å². The van der Waals surface area contributed by atoms with Crippen LogP contribution in [0.4, 0.5) is 0 Å². The van der Waals surface area contributed by atoms with Crippen LogP contribution in [-0.2, 0) is 22.5 Å². The second-order valence-corrected chi connectivity index (χ2v) is 5.44. The van der Waals surface area contributed by atoms with Gasteiger partial charge in [0, 0.05) is 13.1 Å². The van der Waals surface area contributed by atoms with E-state index in [4.69, 9.17) is 9.84 Å². The van der Waals surface area contributed by atoms with Gasteiger partial charge in [-0.15, -0.1) is 5.10 Å². The van der Waals surface area contributed by atoms with Crippen molar-refractivity contribution in [3.8, 4) is 0 Å². The normalized spacial score (nSPS) is 15.5. The molecule has 0 radical (unpaired) electrons. The topological polar surface area (TPSA) is 97.5 Å². The summed E-state index contributed by atoms with van der Waals surface area (Å²) in [6, 6.07) is 0. The number of amides is 1. The van der Waals surface area contributed by atoms with E-state index in [9.17, 15) is 9.59 Å². The number of rotatable bonds is 5. The fourth-order valence-electron chi connectivity index (χ4n) is 2.26. The highest BCUT2D eigenvalue weighted by Gasteiger charge is 2.23. The molecule has 1 aliphatic heterocycles. The van der Waals surface area contributed by atoms with Gasteiger partial charge >= 0.3 is 5.97 Å². The number of carbonyl (C=O) groups excluding carboxylic acids is 1. The molecule has 1 fully saturated rings. The number of hydrogen-bond acceptors (Lipinski definition) is 5. The summed E-state index contributed by atoms with van der Waals surface area (Å²) in [4.78, 5) is 25.1. The molecule has 116 valence electrons. The summed E-state index contributed by atoms with van der Waals surface area (Å²) in [5, 5.41) is 16.7. The van der Waals surface area contributed by atoms with Crippen LogP contribution in [0.3, 0.4) is 0 Å². The molecule has 0 bridgehead atoms. The molecule has 0 unspecified atom stereocenters. The Morgan fingerprint density at radius 3 is 2.57 bits per heavy atom. The summed E-state index contributed by atoms with van der Waals surface area (Å²) in [5.41, 5.74) is 0.428. The quantitative estimate of drug-likeness (QED) is 0.823. The summed E-state index contributed by atoms with van der Waals surface area (Å²) in [7, 11) is 0. The van der Waals surface area contributed by atoms with Gasteiger partial charge in [0.05, 0.1) is 18.9 Å². The van der Waals surface area contributed by atoms with Crippen molar-refractivity contribution in [2.45, 2.75) is 26.8 Å². The fraction of sp³-hybridized carbons (Fsp3) is 0.692. The maximum atomic E-state index is 12.2. The van der Waals surface area contributed by atoms with Gasteiger partial charge < -0.3 is 14.7 Å². The van der Waals surface area contributed by atoms with E-state index in [-0.39, 0.29) is 24.1 Å². The van der Waals surface area contributed by atoms with Gasteiger partial charge in [-0.1, -0.05) is 19.1 Å². The summed E-state index contributed by atoms with van der Waals surface area (Å²) in [6.45, 7) is 6.14. The van der Waals surface area contributed by atoms with Crippen molar-refractivity contribution in [2.24, 2.45) is 5.92 Å². The molecule has 1 aromatic rings. The molecule has 2 rings (SSSR count). The number of hydrogen-bond donors (Lipinski definition) is 1. The molecule has 1 N–H and O–H groups in total. The van der Waals surface area contributed by atoms with E-state index < -0.39 is 5.97 Å². The Kier molecular flexibility index (Phi) is 4.89. The Balaban J connectivity index is 2.14. The van der Waals surface area contributed by atoms with Crippen molar-refractivity contribution in [1.29, 1.82) is 0 Å². The van der Waals surface area contributed by atoms with Crippen LogP contribution in [-0.4, -0.2) is 63.2 Å². The molecular weight excluding hydrogens is 276 g/mol. The SMILES string of the molecule is CC(C)Cc1c(C(=O)O)nnn1CC(=O)N1CCOCC1. The van der Waals surface area contributed by atoms with Gasteiger partial charge in [-0.05, 0) is 12.3 Å². The van der Waals surface area contributed by atoms with E-state index in [1.54, 1.807) is 4.90 Å². The van der Waals surface area contributed by atoms with E-state index in [2.05, 4.69) is 10.3 Å². The van der Waals surface area contributed by atoms with Crippen molar-refractivity contribution >= 4 is 11.9 Å². The highest BCUT2D eigenvalue weighted by molar-refractivity contribution is 5.86. The third kappa shape index (κ3) is 3.78. The molecule has 1 aliphatic rings. The largest absolute Gasteiger partial charge is 0.476 e. The minimum absolute atomic E-state index is 0.0162. The lowest BCUT2D eigenvalue weighted by atomic mass is 10.1.